The summed E-state index contributed by atoms with van der Waals surface area (Å²) in [7, 11) is 0. The van der Waals surface area contributed by atoms with Gasteiger partial charge in [0.05, 0.1) is 5.01 Å². The molecule has 0 saturated heterocycles. The average Bonchev–Trinajstić information content (AvgIpc) is 2.70. The summed E-state index contributed by atoms with van der Waals surface area (Å²) >= 11 is 3.65. The van der Waals surface area contributed by atoms with Gasteiger partial charge < -0.3 is 5.32 Å². The van der Waals surface area contributed by atoms with Crippen molar-refractivity contribution in [3.63, 3.8) is 0 Å². The minimum atomic E-state index is 0.546. The molecule has 1 atom stereocenters. The number of rotatable bonds is 7. The highest BCUT2D eigenvalue weighted by atomic mass is 32.2. The van der Waals surface area contributed by atoms with Gasteiger partial charge >= 0.3 is 0 Å². The highest BCUT2D eigenvalue weighted by Crippen LogP contribution is 2.16. The lowest BCUT2D eigenvalue weighted by atomic mass is 10.2. The van der Waals surface area contributed by atoms with Crippen molar-refractivity contribution in [2.24, 2.45) is 0 Å². The fourth-order valence-electron chi connectivity index (χ4n) is 1.23. The molecule has 0 radical (unpaired) electrons. The molecule has 1 unspecified atom stereocenters. The quantitative estimate of drug-likeness (QED) is 0.729. The van der Waals surface area contributed by atoms with Crippen LogP contribution in [0.25, 0.3) is 0 Å². The normalized spacial score (nSPS) is 13.0. The van der Waals surface area contributed by atoms with E-state index in [1.807, 2.05) is 23.3 Å². The molecule has 0 bridgehead atoms. The molecule has 0 amide bonds. The van der Waals surface area contributed by atoms with Gasteiger partial charge in [-0.2, -0.15) is 11.8 Å². The Hall–Kier alpha value is -0.0600. The average molecular weight is 230 g/mol. The van der Waals surface area contributed by atoms with Gasteiger partial charge in [-0.25, -0.2) is 4.98 Å². The lowest BCUT2D eigenvalue weighted by Crippen LogP contribution is -2.21. The Balaban J connectivity index is 2.07. The van der Waals surface area contributed by atoms with Crippen LogP contribution in [0.3, 0.4) is 0 Å². The van der Waals surface area contributed by atoms with Crippen molar-refractivity contribution >= 4 is 23.1 Å². The predicted octanol–water partition coefficient (Wildman–Crippen LogP) is 2.59. The van der Waals surface area contributed by atoms with Gasteiger partial charge in [0, 0.05) is 24.0 Å². The first-order chi connectivity index (χ1) is 6.84. The van der Waals surface area contributed by atoms with Crippen molar-refractivity contribution in [3.8, 4) is 0 Å². The van der Waals surface area contributed by atoms with Crippen LogP contribution in [0.15, 0.2) is 11.6 Å². The van der Waals surface area contributed by atoms with Gasteiger partial charge in [-0.3, -0.25) is 0 Å². The number of nitrogens with zero attached hydrogens (tertiary/aromatic N) is 1. The van der Waals surface area contributed by atoms with E-state index in [1.165, 1.54) is 17.2 Å². The number of hydrogen-bond acceptors (Lipinski definition) is 4. The van der Waals surface area contributed by atoms with Crippen LogP contribution in [0.4, 0.5) is 0 Å². The number of hydrogen-bond donors (Lipinski definition) is 1. The molecule has 2 nitrogen and oxygen atoms in total. The van der Waals surface area contributed by atoms with Crippen LogP contribution in [0.2, 0.25) is 0 Å². The molecule has 0 saturated carbocycles. The molecule has 0 aliphatic heterocycles. The van der Waals surface area contributed by atoms with Gasteiger partial charge in [0.2, 0.25) is 0 Å². The fraction of sp³-hybridized carbons (Fsp3) is 0.700. The first kappa shape index (κ1) is 12.0. The number of aromatic nitrogens is 1. The maximum Gasteiger partial charge on any atom is 0.0965 e. The van der Waals surface area contributed by atoms with Gasteiger partial charge in [-0.1, -0.05) is 6.92 Å². The van der Waals surface area contributed by atoms with E-state index in [4.69, 9.17) is 0 Å². The van der Waals surface area contributed by atoms with Crippen LogP contribution >= 0.6 is 23.1 Å². The van der Waals surface area contributed by atoms with E-state index in [0.717, 1.165) is 13.1 Å². The molecule has 1 heterocycles. The largest absolute Gasteiger partial charge is 0.316 e. The summed E-state index contributed by atoms with van der Waals surface area (Å²) in [6.07, 6.45) is 5.29. The molecule has 14 heavy (non-hydrogen) atoms. The summed E-state index contributed by atoms with van der Waals surface area (Å²) in [6.45, 7) is 4.39. The van der Waals surface area contributed by atoms with E-state index in [1.54, 1.807) is 11.3 Å². The van der Waals surface area contributed by atoms with Crippen molar-refractivity contribution < 1.29 is 0 Å². The summed E-state index contributed by atoms with van der Waals surface area (Å²) in [5.41, 5.74) is 0. The molecule has 1 rings (SSSR count). The van der Waals surface area contributed by atoms with Crippen molar-refractivity contribution in [2.75, 3.05) is 25.1 Å². The molecule has 4 heteroatoms. The van der Waals surface area contributed by atoms with Crippen LogP contribution in [-0.2, 0) is 0 Å². The maximum atomic E-state index is 4.31. The molecule has 0 spiro atoms. The predicted molar refractivity (Wildman–Crippen MR) is 66.4 cm³/mol. The summed E-state index contributed by atoms with van der Waals surface area (Å²) in [4.78, 5) is 4.31. The Morgan fingerprint density at radius 1 is 1.64 bits per heavy atom. The lowest BCUT2D eigenvalue weighted by Gasteiger charge is -2.09. The summed E-state index contributed by atoms with van der Waals surface area (Å²) in [5.74, 6) is 1.79. The van der Waals surface area contributed by atoms with Gasteiger partial charge in [-0.15, -0.1) is 11.3 Å². The Kier molecular flexibility index (Phi) is 6.23. The Bertz CT molecular complexity index is 224. The van der Waals surface area contributed by atoms with E-state index >= 15 is 0 Å². The smallest absolute Gasteiger partial charge is 0.0965 e. The minimum absolute atomic E-state index is 0.546. The Labute approximate surface area is 94.5 Å². The molecule has 0 aromatic carbocycles. The number of thiazole rings is 1. The van der Waals surface area contributed by atoms with Crippen molar-refractivity contribution in [2.45, 2.75) is 19.3 Å². The number of nitrogens with one attached hydrogen (secondary N) is 1. The van der Waals surface area contributed by atoms with Crippen molar-refractivity contribution in [3.05, 3.63) is 16.6 Å². The molecule has 0 aliphatic rings. The molecule has 1 aromatic heterocycles. The second kappa shape index (κ2) is 7.26. The second-order valence-electron chi connectivity index (χ2n) is 3.32. The first-order valence-corrected chi connectivity index (χ1v) is 7.21. The Morgan fingerprint density at radius 2 is 2.50 bits per heavy atom. The molecular formula is C10H18N2S2. The van der Waals surface area contributed by atoms with Crippen LogP contribution < -0.4 is 5.32 Å². The van der Waals surface area contributed by atoms with Gasteiger partial charge in [0.15, 0.2) is 0 Å². The van der Waals surface area contributed by atoms with E-state index in [2.05, 4.69) is 23.5 Å². The molecule has 1 N–H and O–H groups in total. The third-order valence-corrected chi connectivity index (χ3v) is 3.73. The lowest BCUT2D eigenvalue weighted by molar-refractivity contribution is 0.609. The molecule has 80 valence electrons. The zero-order valence-electron chi connectivity index (χ0n) is 8.82. The number of thioether (sulfide) groups is 1. The third kappa shape index (κ3) is 4.44. The van der Waals surface area contributed by atoms with Gasteiger partial charge in [0.25, 0.3) is 0 Å². The monoisotopic (exact) mass is 230 g/mol. The molecular weight excluding hydrogens is 212 g/mol. The van der Waals surface area contributed by atoms with Crippen LogP contribution in [-0.4, -0.2) is 30.1 Å². The standard InChI is InChI=1S/C10H18N2S2/c1-9(10-12-5-7-14-10)8-11-4-3-6-13-2/h5,7,9,11H,3-4,6,8H2,1-2H3. The molecule has 1 aromatic rings. The topological polar surface area (TPSA) is 24.9 Å². The van der Waals surface area contributed by atoms with E-state index in [9.17, 15) is 0 Å². The van der Waals surface area contributed by atoms with E-state index in [0.29, 0.717) is 5.92 Å². The second-order valence-corrected chi connectivity index (χ2v) is 5.23. The van der Waals surface area contributed by atoms with Gasteiger partial charge in [0.1, 0.15) is 0 Å². The third-order valence-electron chi connectivity index (χ3n) is 2.03. The van der Waals surface area contributed by atoms with E-state index < -0.39 is 0 Å². The van der Waals surface area contributed by atoms with Crippen LogP contribution in [0.1, 0.15) is 24.3 Å². The van der Waals surface area contributed by atoms with E-state index in [-0.39, 0.29) is 0 Å². The van der Waals surface area contributed by atoms with Crippen LogP contribution in [0.5, 0.6) is 0 Å². The zero-order chi connectivity index (χ0) is 10.2. The maximum absolute atomic E-state index is 4.31. The fourth-order valence-corrected chi connectivity index (χ4v) is 2.36. The SMILES string of the molecule is CSCCCNCC(C)c1nccs1. The highest BCUT2D eigenvalue weighted by molar-refractivity contribution is 7.98. The summed E-state index contributed by atoms with van der Waals surface area (Å²) < 4.78 is 0. The molecule has 0 fully saturated rings. The van der Waals surface area contributed by atoms with Crippen LogP contribution in [0, 0.1) is 0 Å². The van der Waals surface area contributed by atoms with Gasteiger partial charge in [-0.05, 0) is 25.0 Å². The van der Waals surface area contributed by atoms with Crippen molar-refractivity contribution in [1.82, 2.24) is 10.3 Å². The summed E-state index contributed by atoms with van der Waals surface area (Å²) in [5, 5.41) is 6.74. The Morgan fingerprint density at radius 3 is 3.14 bits per heavy atom. The summed E-state index contributed by atoms with van der Waals surface area (Å²) in [6, 6.07) is 0. The first-order valence-electron chi connectivity index (χ1n) is 4.93. The minimum Gasteiger partial charge on any atom is -0.316 e. The zero-order valence-corrected chi connectivity index (χ0v) is 10.5. The highest BCUT2D eigenvalue weighted by Gasteiger charge is 2.06. The molecule has 0 aliphatic carbocycles. The van der Waals surface area contributed by atoms with Crippen molar-refractivity contribution in [1.29, 1.82) is 0 Å².